The van der Waals surface area contributed by atoms with Gasteiger partial charge in [-0.3, -0.25) is 9.59 Å². The molecule has 1 aliphatic rings. The van der Waals surface area contributed by atoms with E-state index in [1.54, 1.807) is 18.2 Å². The van der Waals surface area contributed by atoms with Crippen molar-refractivity contribution in [2.45, 2.75) is 18.9 Å². The molecule has 0 saturated carbocycles. The van der Waals surface area contributed by atoms with Crippen molar-refractivity contribution in [2.75, 3.05) is 20.4 Å². The third kappa shape index (κ3) is 3.85. The number of amides is 1. The molecule has 0 spiro atoms. The fourth-order valence-corrected chi connectivity index (χ4v) is 1.93. The van der Waals surface area contributed by atoms with Crippen LogP contribution in [0.3, 0.4) is 0 Å². The van der Waals surface area contributed by atoms with Gasteiger partial charge in [-0.25, -0.2) is 0 Å². The van der Waals surface area contributed by atoms with Crippen molar-refractivity contribution in [1.29, 1.82) is 0 Å². The monoisotopic (exact) mass is 294 g/mol. The Balaban J connectivity index is 1.76. The van der Waals surface area contributed by atoms with Crippen molar-refractivity contribution in [3.8, 4) is 11.5 Å². The zero-order valence-corrected chi connectivity index (χ0v) is 11.8. The number of rotatable bonds is 6. The predicted octanol–water partition coefficient (Wildman–Crippen LogP) is 0.426. The standard InChI is InChI=1S/C14H18N2O5/c1-19-14(18)10(15)3-2-6-16-13(17)9-4-5-11-12(7-9)21-8-20-11/h4-5,7,10H,2-3,6,8,15H2,1H3,(H,16,17)/t10-/m0/s1. The summed E-state index contributed by atoms with van der Waals surface area (Å²) in [5.74, 6) is 0.544. The molecule has 2 rings (SSSR count). The molecule has 0 saturated heterocycles. The Hall–Kier alpha value is -2.28. The maximum atomic E-state index is 11.9. The van der Waals surface area contributed by atoms with Gasteiger partial charge in [0.15, 0.2) is 11.5 Å². The van der Waals surface area contributed by atoms with Crippen LogP contribution in [-0.4, -0.2) is 38.4 Å². The van der Waals surface area contributed by atoms with Crippen molar-refractivity contribution < 1.29 is 23.8 Å². The topological polar surface area (TPSA) is 99.9 Å². The van der Waals surface area contributed by atoms with Crippen LogP contribution in [0.25, 0.3) is 0 Å². The number of esters is 1. The van der Waals surface area contributed by atoms with Gasteiger partial charge in [-0.1, -0.05) is 0 Å². The van der Waals surface area contributed by atoms with Gasteiger partial charge < -0.3 is 25.3 Å². The van der Waals surface area contributed by atoms with E-state index in [1.165, 1.54) is 7.11 Å². The van der Waals surface area contributed by atoms with Crippen molar-refractivity contribution >= 4 is 11.9 Å². The lowest BCUT2D eigenvalue weighted by Gasteiger charge is -2.09. The predicted molar refractivity (Wildman–Crippen MR) is 74.1 cm³/mol. The summed E-state index contributed by atoms with van der Waals surface area (Å²) in [6.45, 7) is 0.601. The van der Waals surface area contributed by atoms with Crippen LogP contribution in [0.15, 0.2) is 18.2 Å². The SMILES string of the molecule is COC(=O)[C@@H](N)CCCNC(=O)c1ccc2c(c1)OCO2. The largest absolute Gasteiger partial charge is 0.468 e. The number of fused-ring (bicyclic) bond motifs is 1. The van der Waals surface area contributed by atoms with E-state index in [4.69, 9.17) is 15.2 Å². The zero-order valence-electron chi connectivity index (χ0n) is 11.8. The fraction of sp³-hybridized carbons (Fsp3) is 0.429. The molecule has 21 heavy (non-hydrogen) atoms. The number of carbonyl (C=O) groups excluding carboxylic acids is 2. The van der Waals surface area contributed by atoms with Gasteiger partial charge in [0, 0.05) is 12.1 Å². The molecule has 1 amide bonds. The molecule has 1 atom stereocenters. The van der Waals surface area contributed by atoms with Crippen molar-refractivity contribution in [2.24, 2.45) is 5.73 Å². The number of nitrogens with two attached hydrogens (primary N) is 1. The first kappa shape index (κ1) is 15.1. The quantitative estimate of drug-likeness (QED) is 0.583. The zero-order chi connectivity index (χ0) is 15.2. The lowest BCUT2D eigenvalue weighted by Crippen LogP contribution is -2.33. The molecule has 1 heterocycles. The molecule has 1 aliphatic heterocycles. The van der Waals surface area contributed by atoms with Crippen LogP contribution in [0.2, 0.25) is 0 Å². The maximum Gasteiger partial charge on any atom is 0.322 e. The Morgan fingerprint density at radius 3 is 2.90 bits per heavy atom. The van der Waals surface area contributed by atoms with Crippen molar-refractivity contribution in [3.05, 3.63) is 23.8 Å². The number of hydrogen-bond donors (Lipinski definition) is 2. The summed E-state index contributed by atoms with van der Waals surface area (Å²) < 4.78 is 14.9. The van der Waals surface area contributed by atoms with Gasteiger partial charge in [0.1, 0.15) is 6.04 Å². The normalized spacial score (nSPS) is 13.6. The minimum atomic E-state index is -0.655. The van der Waals surface area contributed by atoms with Gasteiger partial charge in [-0.15, -0.1) is 0 Å². The summed E-state index contributed by atoms with van der Waals surface area (Å²) in [5, 5.41) is 2.76. The average molecular weight is 294 g/mol. The average Bonchev–Trinajstić information content (AvgIpc) is 2.97. The van der Waals surface area contributed by atoms with Crippen LogP contribution in [0.4, 0.5) is 0 Å². The Bertz CT molecular complexity index is 532. The summed E-state index contributed by atoms with van der Waals surface area (Å²) >= 11 is 0. The first-order valence-corrected chi connectivity index (χ1v) is 6.63. The Kier molecular flexibility index (Phi) is 4.99. The molecular weight excluding hydrogens is 276 g/mol. The molecule has 114 valence electrons. The van der Waals surface area contributed by atoms with Gasteiger partial charge in [-0.05, 0) is 31.0 Å². The highest BCUT2D eigenvalue weighted by Gasteiger charge is 2.16. The fourth-order valence-electron chi connectivity index (χ4n) is 1.93. The summed E-state index contributed by atoms with van der Waals surface area (Å²) in [6, 6.07) is 4.35. The maximum absolute atomic E-state index is 11.9. The van der Waals surface area contributed by atoms with Crippen molar-refractivity contribution in [3.63, 3.8) is 0 Å². The van der Waals surface area contributed by atoms with Gasteiger partial charge in [-0.2, -0.15) is 0 Å². The second-order valence-corrected chi connectivity index (χ2v) is 4.60. The molecule has 0 aromatic heterocycles. The molecule has 7 nitrogen and oxygen atoms in total. The molecule has 1 aromatic rings. The minimum absolute atomic E-state index is 0.172. The first-order chi connectivity index (χ1) is 10.1. The van der Waals surface area contributed by atoms with E-state index in [0.29, 0.717) is 36.4 Å². The number of benzene rings is 1. The molecular formula is C14H18N2O5. The van der Waals surface area contributed by atoms with E-state index < -0.39 is 12.0 Å². The molecule has 1 aromatic carbocycles. The molecule has 0 unspecified atom stereocenters. The summed E-state index contributed by atoms with van der Waals surface area (Å²) in [5.41, 5.74) is 6.10. The van der Waals surface area contributed by atoms with Crippen LogP contribution < -0.4 is 20.5 Å². The van der Waals surface area contributed by atoms with Crippen LogP contribution in [0.5, 0.6) is 11.5 Å². The van der Waals surface area contributed by atoms with Gasteiger partial charge >= 0.3 is 5.97 Å². The summed E-state index contributed by atoms with van der Waals surface area (Å²) in [7, 11) is 1.30. The highest BCUT2D eigenvalue weighted by Crippen LogP contribution is 2.32. The van der Waals surface area contributed by atoms with E-state index >= 15 is 0 Å². The molecule has 0 aliphatic carbocycles. The minimum Gasteiger partial charge on any atom is -0.468 e. The third-order valence-electron chi connectivity index (χ3n) is 3.12. The molecule has 0 radical (unpaired) electrons. The lowest BCUT2D eigenvalue weighted by atomic mass is 10.1. The number of nitrogens with one attached hydrogen (secondary N) is 1. The Labute approximate surface area is 122 Å². The number of carbonyl (C=O) groups is 2. The van der Waals surface area contributed by atoms with E-state index in [2.05, 4.69) is 10.1 Å². The van der Waals surface area contributed by atoms with E-state index in [0.717, 1.165) is 0 Å². The Morgan fingerprint density at radius 1 is 1.38 bits per heavy atom. The highest BCUT2D eigenvalue weighted by atomic mass is 16.7. The highest BCUT2D eigenvalue weighted by molar-refractivity contribution is 5.94. The third-order valence-corrected chi connectivity index (χ3v) is 3.12. The number of ether oxygens (including phenoxy) is 3. The smallest absolute Gasteiger partial charge is 0.322 e. The van der Waals surface area contributed by atoms with Crippen LogP contribution in [0, 0.1) is 0 Å². The van der Waals surface area contributed by atoms with Gasteiger partial charge in [0.25, 0.3) is 5.91 Å². The molecule has 0 fully saturated rings. The molecule has 7 heteroatoms. The number of methoxy groups -OCH3 is 1. The van der Waals surface area contributed by atoms with E-state index in [-0.39, 0.29) is 12.7 Å². The van der Waals surface area contributed by atoms with Crippen molar-refractivity contribution in [1.82, 2.24) is 5.32 Å². The summed E-state index contributed by atoms with van der Waals surface area (Å²) in [6.07, 6.45) is 1.04. The van der Waals surface area contributed by atoms with E-state index in [9.17, 15) is 9.59 Å². The Morgan fingerprint density at radius 2 is 2.14 bits per heavy atom. The summed E-state index contributed by atoms with van der Waals surface area (Å²) in [4.78, 5) is 23.1. The first-order valence-electron chi connectivity index (χ1n) is 6.63. The molecule has 0 bridgehead atoms. The lowest BCUT2D eigenvalue weighted by molar-refractivity contribution is -0.142. The molecule has 3 N–H and O–H groups in total. The number of hydrogen-bond acceptors (Lipinski definition) is 6. The van der Waals surface area contributed by atoms with Gasteiger partial charge in [0.05, 0.1) is 7.11 Å². The second-order valence-electron chi connectivity index (χ2n) is 4.60. The van der Waals surface area contributed by atoms with E-state index in [1.807, 2.05) is 0 Å². The second kappa shape index (κ2) is 6.94. The van der Waals surface area contributed by atoms with Crippen LogP contribution in [0.1, 0.15) is 23.2 Å². The van der Waals surface area contributed by atoms with Gasteiger partial charge in [0.2, 0.25) is 6.79 Å². The van der Waals surface area contributed by atoms with Crippen LogP contribution >= 0.6 is 0 Å². The van der Waals surface area contributed by atoms with Crippen LogP contribution in [-0.2, 0) is 9.53 Å².